The lowest BCUT2D eigenvalue weighted by molar-refractivity contribution is 0.0600. The van der Waals surface area contributed by atoms with Crippen LogP contribution in [-0.4, -0.2) is 39.4 Å². The number of aromatic nitrogens is 3. The van der Waals surface area contributed by atoms with Crippen LogP contribution in [0.5, 0.6) is 0 Å². The minimum atomic E-state index is -0.385. The zero-order chi connectivity index (χ0) is 24.9. The lowest BCUT2D eigenvalue weighted by atomic mass is 9.98. The molecule has 2 heterocycles. The van der Waals surface area contributed by atoms with E-state index in [1.165, 1.54) is 24.4 Å². The molecule has 1 atom stereocenters. The maximum atomic E-state index is 13.0. The number of hydrogen-bond acceptors (Lipinski definition) is 7. The summed E-state index contributed by atoms with van der Waals surface area (Å²) >= 11 is 1.24. The summed E-state index contributed by atoms with van der Waals surface area (Å²) < 4.78 is 12.5. The van der Waals surface area contributed by atoms with Gasteiger partial charge in [-0.15, -0.1) is 10.2 Å². The number of hydrogen-bond donors (Lipinski definition) is 0. The molecule has 0 aliphatic heterocycles. The van der Waals surface area contributed by atoms with Crippen molar-refractivity contribution in [3.8, 4) is 5.69 Å². The smallest absolute Gasteiger partial charge is 0.337 e. The van der Waals surface area contributed by atoms with Crippen molar-refractivity contribution in [3.05, 3.63) is 94.6 Å². The van der Waals surface area contributed by atoms with E-state index in [9.17, 15) is 9.59 Å². The summed E-state index contributed by atoms with van der Waals surface area (Å²) in [6, 6.07) is 19.2. The molecule has 7 nitrogen and oxygen atoms in total. The Morgan fingerprint density at radius 3 is 2.46 bits per heavy atom. The predicted octanol–water partition coefficient (Wildman–Crippen LogP) is 5.58. The fourth-order valence-corrected chi connectivity index (χ4v) is 4.72. The number of ketones is 1. The third kappa shape index (κ3) is 5.54. The fourth-order valence-electron chi connectivity index (χ4n) is 4.05. The molecule has 2 aromatic heterocycles. The highest BCUT2D eigenvalue weighted by atomic mass is 32.2. The molecule has 4 aromatic rings. The van der Waals surface area contributed by atoms with Crippen molar-refractivity contribution in [1.29, 1.82) is 0 Å². The highest BCUT2D eigenvalue weighted by Crippen LogP contribution is 2.26. The molecule has 0 radical (unpaired) electrons. The Kier molecular flexibility index (Phi) is 7.51. The molecule has 2 aromatic carbocycles. The van der Waals surface area contributed by atoms with Crippen molar-refractivity contribution in [3.63, 3.8) is 0 Å². The first-order valence-corrected chi connectivity index (χ1v) is 12.3. The minimum absolute atomic E-state index is 0.0158. The van der Waals surface area contributed by atoms with Gasteiger partial charge >= 0.3 is 5.97 Å². The first-order chi connectivity index (χ1) is 16.9. The number of esters is 1. The van der Waals surface area contributed by atoms with Gasteiger partial charge in [0.05, 0.1) is 18.4 Å². The molecule has 0 saturated heterocycles. The zero-order valence-electron chi connectivity index (χ0n) is 20.1. The third-order valence-corrected chi connectivity index (χ3v) is 6.72. The quantitative estimate of drug-likeness (QED) is 0.172. The molecule has 0 N–H and O–H groups in total. The minimum Gasteiger partial charge on any atom is -0.465 e. The second kappa shape index (κ2) is 10.7. The van der Waals surface area contributed by atoms with Crippen LogP contribution in [0.3, 0.4) is 0 Å². The molecule has 35 heavy (non-hydrogen) atoms. The van der Waals surface area contributed by atoms with E-state index in [0.29, 0.717) is 28.7 Å². The molecule has 0 spiro atoms. The van der Waals surface area contributed by atoms with E-state index in [1.807, 2.05) is 54.8 Å². The van der Waals surface area contributed by atoms with Crippen molar-refractivity contribution < 1.29 is 18.7 Å². The average Bonchev–Trinajstić information content (AvgIpc) is 3.45. The van der Waals surface area contributed by atoms with E-state index in [4.69, 9.17) is 9.15 Å². The van der Waals surface area contributed by atoms with Gasteiger partial charge in [-0.05, 0) is 55.7 Å². The summed E-state index contributed by atoms with van der Waals surface area (Å²) in [5, 5.41) is 8.64. The Bertz CT molecular complexity index is 1330. The summed E-state index contributed by atoms with van der Waals surface area (Å²) in [6.45, 7) is 5.98. The Hall–Kier alpha value is -3.65. The summed E-state index contributed by atoms with van der Waals surface area (Å²) in [5.41, 5.74) is 4.96. The summed E-state index contributed by atoms with van der Waals surface area (Å²) in [6.07, 6.45) is 0.640. The Labute approximate surface area is 208 Å². The normalized spacial score (nSPS) is 11.9. The lowest BCUT2D eigenvalue weighted by Crippen LogP contribution is -2.06. The number of benzene rings is 2. The second-order valence-corrected chi connectivity index (χ2v) is 9.27. The van der Waals surface area contributed by atoms with Gasteiger partial charge in [0.15, 0.2) is 5.78 Å². The average molecular weight is 490 g/mol. The second-order valence-electron chi connectivity index (χ2n) is 8.35. The summed E-state index contributed by atoms with van der Waals surface area (Å²) in [7, 11) is 1.35. The first-order valence-electron chi connectivity index (χ1n) is 11.3. The number of Topliss-reactive ketones (excluding diaryl/α,β-unsaturated/α-hetero) is 1. The van der Waals surface area contributed by atoms with Gasteiger partial charge in [0.1, 0.15) is 0 Å². The van der Waals surface area contributed by atoms with Gasteiger partial charge in [0.2, 0.25) is 5.89 Å². The number of carbonyl (C=O) groups is 2. The van der Waals surface area contributed by atoms with Gasteiger partial charge in [-0.25, -0.2) is 4.79 Å². The standard InChI is InChI=1S/C27H27N3O4S/c1-17(20-8-6-5-7-9-20)14-25-28-29-27(34-25)35-16-24(31)23-15-18(2)30(19(23)3)22-12-10-21(11-13-22)26(32)33-4/h5-13,15,17H,14,16H2,1-4H3. The number of nitrogens with zero attached hydrogens (tertiary/aromatic N) is 3. The van der Waals surface area contributed by atoms with Gasteiger partial charge in [-0.3, -0.25) is 4.79 Å². The third-order valence-electron chi connectivity index (χ3n) is 5.90. The van der Waals surface area contributed by atoms with Crippen molar-refractivity contribution in [1.82, 2.24) is 14.8 Å². The van der Waals surface area contributed by atoms with Crippen LogP contribution in [0.25, 0.3) is 5.69 Å². The Morgan fingerprint density at radius 2 is 1.77 bits per heavy atom. The van der Waals surface area contributed by atoms with Crippen LogP contribution in [0.2, 0.25) is 0 Å². The van der Waals surface area contributed by atoms with Crippen molar-refractivity contribution in [2.24, 2.45) is 0 Å². The van der Waals surface area contributed by atoms with Gasteiger partial charge in [0.25, 0.3) is 5.22 Å². The molecule has 0 aliphatic rings. The number of methoxy groups -OCH3 is 1. The molecule has 180 valence electrons. The largest absolute Gasteiger partial charge is 0.465 e. The van der Waals surface area contributed by atoms with E-state index in [-0.39, 0.29) is 23.4 Å². The number of ether oxygens (including phenoxy) is 1. The summed E-state index contributed by atoms with van der Waals surface area (Å²) in [5.74, 6) is 0.608. The van der Waals surface area contributed by atoms with Gasteiger partial charge in [0, 0.05) is 29.1 Å². The van der Waals surface area contributed by atoms with E-state index >= 15 is 0 Å². The van der Waals surface area contributed by atoms with Crippen molar-refractivity contribution in [2.75, 3.05) is 12.9 Å². The zero-order valence-corrected chi connectivity index (χ0v) is 21.0. The van der Waals surface area contributed by atoms with Crippen LogP contribution < -0.4 is 0 Å². The SMILES string of the molecule is COC(=O)c1ccc(-n2c(C)cc(C(=O)CSc3nnc(CC(C)c4ccccc4)o3)c2C)cc1. The molecule has 4 rings (SSSR count). The highest BCUT2D eigenvalue weighted by molar-refractivity contribution is 7.99. The molecule has 8 heteroatoms. The van der Waals surface area contributed by atoms with Gasteiger partial charge in [-0.1, -0.05) is 49.0 Å². The van der Waals surface area contributed by atoms with Crippen LogP contribution >= 0.6 is 11.8 Å². The Morgan fingerprint density at radius 1 is 1.06 bits per heavy atom. The molecular weight excluding hydrogens is 462 g/mol. The molecule has 0 aliphatic carbocycles. The summed E-state index contributed by atoms with van der Waals surface area (Å²) in [4.78, 5) is 24.7. The molecule has 0 amide bonds. The lowest BCUT2D eigenvalue weighted by Gasteiger charge is -2.10. The first kappa shape index (κ1) is 24.5. The van der Waals surface area contributed by atoms with Crippen molar-refractivity contribution >= 4 is 23.5 Å². The van der Waals surface area contributed by atoms with Gasteiger partial charge < -0.3 is 13.7 Å². The molecule has 0 bridgehead atoms. The number of aryl methyl sites for hydroxylation is 1. The molecule has 1 unspecified atom stereocenters. The molecule has 0 saturated carbocycles. The Balaban J connectivity index is 1.41. The van der Waals surface area contributed by atoms with Crippen LogP contribution in [0.1, 0.15) is 56.4 Å². The highest BCUT2D eigenvalue weighted by Gasteiger charge is 2.19. The predicted molar refractivity (Wildman–Crippen MR) is 134 cm³/mol. The van der Waals surface area contributed by atoms with Crippen LogP contribution in [0.15, 0.2) is 70.3 Å². The monoisotopic (exact) mass is 489 g/mol. The van der Waals surface area contributed by atoms with Crippen molar-refractivity contribution in [2.45, 2.75) is 38.3 Å². The number of carbonyl (C=O) groups excluding carboxylic acids is 2. The van der Waals surface area contributed by atoms with Crippen LogP contribution in [-0.2, 0) is 11.2 Å². The fraction of sp³-hybridized carbons (Fsp3) is 0.259. The van der Waals surface area contributed by atoms with Gasteiger partial charge in [-0.2, -0.15) is 0 Å². The van der Waals surface area contributed by atoms with E-state index in [1.54, 1.807) is 12.1 Å². The maximum absolute atomic E-state index is 13.0. The topological polar surface area (TPSA) is 87.2 Å². The molecule has 0 fully saturated rings. The maximum Gasteiger partial charge on any atom is 0.337 e. The van der Waals surface area contributed by atoms with Crippen LogP contribution in [0.4, 0.5) is 0 Å². The number of thioether (sulfide) groups is 1. The van der Waals surface area contributed by atoms with Crippen LogP contribution in [0, 0.1) is 13.8 Å². The van der Waals surface area contributed by atoms with E-state index in [2.05, 4.69) is 29.3 Å². The molecular formula is C27H27N3O4S. The number of rotatable bonds is 9. The van der Waals surface area contributed by atoms with E-state index < -0.39 is 0 Å². The van der Waals surface area contributed by atoms with E-state index in [0.717, 1.165) is 17.1 Å².